The Hall–Kier alpha value is -3.39. The molecule has 1 amide bonds. The van der Waals surface area contributed by atoms with E-state index < -0.39 is 17.7 Å². The van der Waals surface area contributed by atoms with Gasteiger partial charge in [-0.05, 0) is 36.2 Å². The molecule has 7 nitrogen and oxygen atoms in total. The summed E-state index contributed by atoms with van der Waals surface area (Å²) in [5, 5.41) is 11.1. The number of halogens is 1. The molecule has 1 aliphatic heterocycles. The van der Waals surface area contributed by atoms with Crippen molar-refractivity contribution in [2.75, 3.05) is 25.5 Å². The van der Waals surface area contributed by atoms with Crippen LogP contribution in [0, 0.1) is 0 Å². The van der Waals surface area contributed by atoms with E-state index >= 15 is 0 Å². The van der Waals surface area contributed by atoms with Crippen LogP contribution < -0.4 is 4.90 Å². The van der Waals surface area contributed by atoms with Crippen molar-refractivity contribution < 1.29 is 14.7 Å². The summed E-state index contributed by atoms with van der Waals surface area (Å²) in [6.07, 6.45) is 5.93. The molecular weight excluding hydrogens is 484 g/mol. The summed E-state index contributed by atoms with van der Waals surface area (Å²) in [7, 11) is 3.90. The van der Waals surface area contributed by atoms with Gasteiger partial charge >= 0.3 is 0 Å². The number of ketones is 1. The van der Waals surface area contributed by atoms with Crippen molar-refractivity contribution in [1.82, 2.24) is 14.5 Å². The van der Waals surface area contributed by atoms with E-state index in [1.807, 2.05) is 54.0 Å². The third kappa shape index (κ3) is 4.71. The van der Waals surface area contributed by atoms with Gasteiger partial charge in [0.05, 0.1) is 17.9 Å². The smallest absolute Gasteiger partial charge is 0.295 e. The van der Waals surface area contributed by atoms with E-state index in [9.17, 15) is 14.7 Å². The van der Waals surface area contributed by atoms with E-state index in [0.717, 1.165) is 15.7 Å². The average molecular weight is 509 g/mol. The lowest BCUT2D eigenvalue weighted by Crippen LogP contribution is -2.31. The zero-order valence-electron chi connectivity index (χ0n) is 18.5. The summed E-state index contributed by atoms with van der Waals surface area (Å²) in [5.41, 5.74) is 2.39. The van der Waals surface area contributed by atoms with Crippen molar-refractivity contribution in [2.45, 2.75) is 19.0 Å². The van der Waals surface area contributed by atoms with Gasteiger partial charge in [-0.3, -0.25) is 9.59 Å². The molecule has 0 saturated carbocycles. The predicted molar refractivity (Wildman–Crippen MR) is 131 cm³/mol. The second-order valence-corrected chi connectivity index (χ2v) is 9.06. The second kappa shape index (κ2) is 9.62. The lowest BCUT2D eigenvalue weighted by molar-refractivity contribution is -0.139. The Labute approximate surface area is 201 Å². The molecule has 3 aromatic rings. The highest BCUT2D eigenvalue weighted by molar-refractivity contribution is 9.10. The molecular formula is C25H25BrN4O3. The first-order valence-electron chi connectivity index (χ1n) is 10.6. The van der Waals surface area contributed by atoms with Crippen molar-refractivity contribution in [3.63, 3.8) is 0 Å². The number of amides is 1. The van der Waals surface area contributed by atoms with Crippen molar-refractivity contribution in [2.24, 2.45) is 0 Å². The molecule has 1 fully saturated rings. The molecule has 4 rings (SSSR count). The normalized spacial score (nSPS) is 17.5. The Balaban J connectivity index is 1.73. The number of aliphatic hydroxyl groups excluding tert-OH is 1. The number of likely N-dealkylation sites (tertiary alicyclic amines) is 1. The van der Waals surface area contributed by atoms with Gasteiger partial charge in [0.1, 0.15) is 5.76 Å². The van der Waals surface area contributed by atoms with Crippen LogP contribution in [-0.2, 0) is 16.1 Å². The number of Topliss-reactive ketones (excluding diaryl/α,β-unsaturated/α-hetero) is 1. The van der Waals surface area contributed by atoms with Gasteiger partial charge in [-0.2, -0.15) is 0 Å². The maximum Gasteiger partial charge on any atom is 0.295 e. The van der Waals surface area contributed by atoms with E-state index in [4.69, 9.17) is 0 Å². The van der Waals surface area contributed by atoms with Crippen LogP contribution in [0.4, 0.5) is 5.69 Å². The third-order valence-corrected chi connectivity index (χ3v) is 6.29. The summed E-state index contributed by atoms with van der Waals surface area (Å²) < 4.78 is 2.79. The van der Waals surface area contributed by atoms with E-state index in [-0.39, 0.29) is 11.3 Å². The number of aliphatic hydroxyl groups is 1. The number of benzene rings is 2. The Morgan fingerprint density at radius 3 is 2.36 bits per heavy atom. The number of imidazole rings is 1. The Kier molecular flexibility index (Phi) is 6.65. The number of aromatic nitrogens is 2. The van der Waals surface area contributed by atoms with E-state index in [0.29, 0.717) is 25.1 Å². The molecule has 1 aromatic heterocycles. The van der Waals surface area contributed by atoms with E-state index in [1.165, 1.54) is 0 Å². The molecule has 170 valence electrons. The maximum atomic E-state index is 13.1. The zero-order chi connectivity index (χ0) is 23.5. The monoisotopic (exact) mass is 508 g/mol. The lowest BCUT2D eigenvalue weighted by Gasteiger charge is -2.26. The number of carbonyl (C=O) groups is 2. The number of hydrogen-bond acceptors (Lipinski definition) is 5. The zero-order valence-corrected chi connectivity index (χ0v) is 20.1. The van der Waals surface area contributed by atoms with Gasteiger partial charge in [0, 0.05) is 55.3 Å². The van der Waals surface area contributed by atoms with Crippen LogP contribution in [0.25, 0.3) is 5.76 Å². The van der Waals surface area contributed by atoms with Crippen LogP contribution in [0.5, 0.6) is 0 Å². The minimum atomic E-state index is -0.667. The summed E-state index contributed by atoms with van der Waals surface area (Å²) >= 11 is 3.38. The van der Waals surface area contributed by atoms with Crippen molar-refractivity contribution in [3.8, 4) is 0 Å². The van der Waals surface area contributed by atoms with Gasteiger partial charge in [0.15, 0.2) is 0 Å². The lowest BCUT2D eigenvalue weighted by atomic mass is 9.95. The Morgan fingerprint density at radius 1 is 1.06 bits per heavy atom. The fourth-order valence-electron chi connectivity index (χ4n) is 4.02. The first-order valence-corrected chi connectivity index (χ1v) is 11.4. The van der Waals surface area contributed by atoms with E-state index in [2.05, 4.69) is 20.9 Å². The summed E-state index contributed by atoms with van der Waals surface area (Å²) in [4.78, 5) is 33.7. The quantitative estimate of drug-likeness (QED) is 0.293. The van der Waals surface area contributed by atoms with Crippen LogP contribution in [0.3, 0.4) is 0 Å². The first-order chi connectivity index (χ1) is 15.9. The molecule has 33 heavy (non-hydrogen) atoms. The molecule has 1 saturated heterocycles. The molecule has 0 radical (unpaired) electrons. The molecule has 8 heteroatoms. The SMILES string of the molecule is CN(C)c1ccc([C@@H]2C(=C(O)c3ccc(Br)cc3)C(=O)C(=O)N2CCCn2ccnc2)cc1. The highest BCUT2D eigenvalue weighted by Gasteiger charge is 2.45. The third-order valence-electron chi connectivity index (χ3n) is 5.76. The van der Waals surface area contributed by atoms with Crippen LogP contribution >= 0.6 is 15.9 Å². The van der Waals surface area contributed by atoms with Crippen LogP contribution in [-0.4, -0.2) is 51.9 Å². The number of rotatable bonds is 7. The van der Waals surface area contributed by atoms with Crippen molar-refractivity contribution in [1.29, 1.82) is 0 Å². The molecule has 0 unspecified atom stereocenters. The van der Waals surface area contributed by atoms with Gasteiger partial charge in [0.25, 0.3) is 11.7 Å². The first kappa shape index (κ1) is 22.8. The van der Waals surface area contributed by atoms with E-state index in [1.54, 1.807) is 41.7 Å². The highest BCUT2D eigenvalue weighted by atomic mass is 79.9. The fourth-order valence-corrected chi connectivity index (χ4v) is 4.28. The number of aryl methyl sites for hydroxylation is 1. The van der Waals surface area contributed by atoms with Gasteiger partial charge in [-0.15, -0.1) is 0 Å². The molecule has 1 aliphatic rings. The molecule has 1 atom stereocenters. The van der Waals surface area contributed by atoms with Crippen molar-refractivity contribution in [3.05, 3.63) is 88.4 Å². The number of anilines is 1. The molecule has 0 bridgehead atoms. The number of hydrogen-bond donors (Lipinski definition) is 1. The predicted octanol–water partition coefficient (Wildman–Crippen LogP) is 4.22. The van der Waals surface area contributed by atoms with Gasteiger partial charge in [-0.1, -0.05) is 40.2 Å². The highest BCUT2D eigenvalue weighted by Crippen LogP contribution is 2.40. The minimum Gasteiger partial charge on any atom is -0.507 e. The molecule has 2 aromatic carbocycles. The summed E-state index contributed by atoms with van der Waals surface area (Å²) in [6.45, 7) is 1.04. The fraction of sp³-hybridized carbons (Fsp3) is 0.240. The molecule has 0 spiro atoms. The van der Waals surface area contributed by atoms with Crippen LogP contribution in [0.1, 0.15) is 23.6 Å². The molecule has 1 N–H and O–H groups in total. The Morgan fingerprint density at radius 2 is 1.76 bits per heavy atom. The maximum absolute atomic E-state index is 13.1. The van der Waals surface area contributed by atoms with Gasteiger partial charge < -0.3 is 19.5 Å². The molecule has 0 aliphatic carbocycles. The molecule has 2 heterocycles. The van der Waals surface area contributed by atoms with Gasteiger partial charge in [-0.25, -0.2) is 4.98 Å². The number of nitrogens with zero attached hydrogens (tertiary/aromatic N) is 4. The summed E-state index contributed by atoms with van der Waals surface area (Å²) in [6, 6.07) is 14.1. The largest absolute Gasteiger partial charge is 0.507 e. The Bertz CT molecular complexity index is 1170. The van der Waals surface area contributed by atoms with Crippen molar-refractivity contribution >= 4 is 39.1 Å². The minimum absolute atomic E-state index is 0.113. The number of carbonyl (C=O) groups excluding carboxylic acids is 2. The average Bonchev–Trinajstić information content (AvgIpc) is 3.41. The standard InChI is InChI=1S/C25H25BrN4O3/c1-28(2)20-10-6-17(7-11-20)22-21(23(31)18-4-8-19(26)9-5-18)24(32)25(33)30(22)14-3-13-29-15-12-27-16-29/h4-12,15-16,22,31H,3,13-14H2,1-2H3/t22-/m1/s1. The van der Waals surface area contributed by atoms with Crippen LogP contribution in [0.2, 0.25) is 0 Å². The van der Waals surface area contributed by atoms with Crippen LogP contribution in [0.15, 0.2) is 77.3 Å². The second-order valence-electron chi connectivity index (χ2n) is 8.14. The summed E-state index contributed by atoms with van der Waals surface area (Å²) in [5.74, 6) is -1.43. The topological polar surface area (TPSA) is 78.7 Å². The van der Waals surface area contributed by atoms with Gasteiger partial charge in [0.2, 0.25) is 0 Å².